The van der Waals surface area contributed by atoms with Gasteiger partial charge in [-0.3, -0.25) is 0 Å². The first-order valence-electron chi connectivity index (χ1n) is 7.73. The van der Waals surface area contributed by atoms with E-state index >= 15 is 0 Å². The summed E-state index contributed by atoms with van der Waals surface area (Å²) in [4.78, 5) is 0.817. The normalized spacial score (nSPS) is 23.2. The van der Waals surface area contributed by atoms with Gasteiger partial charge in [0.1, 0.15) is 5.82 Å². The fourth-order valence-electron chi connectivity index (χ4n) is 2.74. The van der Waals surface area contributed by atoms with Crippen molar-refractivity contribution in [2.45, 2.75) is 69.2 Å². The Labute approximate surface area is 126 Å². The fraction of sp³-hybridized carbons (Fsp3) is 0.647. The lowest BCUT2D eigenvalue weighted by molar-refractivity contribution is 0.394. The van der Waals surface area contributed by atoms with Crippen LogP contribution in [0, 0.1) is 11.7 Å². The zero-order valence-corrected chi connectivity index (χ0v) is 13.6. The molecule has 0 spiro atoms. The molecule has 0 bridgehead atoms. The Balaban J connectivity index is 1.95. The van der Waals surface area contributed by atoms with Crippen LogP contribution >= 0.6 is 11.8 Å². The highest BCUT2D eigenvalue weighted by Gasteiger charge is 2.20. The van der Waals surface area contributed by atoms with E-state index in [9.17, 15) is 4.39 Å². The van der Waals surface area contributed by atoms with Crippen LogP contribution in [0.2, 0.25) is 0 Å². The molecule has 0 saturated heterocycles. The molecule has 1 fully saturated rings. The van der Waals surface area contributed by atoms with Gasteiger partial charge in [-0.1, -0.05) is 39.7 Å². The minimum Gasteiger partial charge on any atom is -0.310 e. The van der Waals surface area contributed by atoms with Crippen LogP contribution in [0.4, 0.5) is 4.39 Å². The minimum absolute atomic E-state index is 0.0590. The molecule has 1 saturated carbocycles. The Morgan fingerprint density at radius 3 is 2.80 bits per heavy atom. The van der Waals surface area contributed by atoms with Gasteiger partial charge in [0.15, 0.2) is 0 Å². The molecule has 1 N–H and O–H groups in total. The minimum atomic E-state index is -0.0590. The van der Waals surface area contributed by atoms with E-state index in [1.54, 1.807) is 17.8 Å². The smallest absolute Gasteiger partial charge is 0.137 e. The molecule has 1 aliphatic rings. The molecule has 0 radical (unpaired) electrons. The summed E-state index contributed by atoms with van der Waals surface area (Å²) in [5, 5.41) is 3.91. The van der Waals surface area contributed by atoms with Gasteiger partial charge in [0, 0.05) is 22.7 Å². The first kappa shape index (κ1) is 15.8. The number of nitrogens with one attached hydrogen (secondary N) is 1. The highest BCUT2D eigenvalue weighted by molar-refractivity contribution is 8.00. The molecule has 112 valence electrons. The summed E-state index contributed by atoms with van der Waals surface area (Å²) in [7, 11) is 0. The van der Waals surface area contributed by atoms with Crippen molar-refractivity contribution in [3.8, 4) is 0 Å². The molecule has 0 aliphatic heterocycles. The first-order valence-corrected chi connectivity index (χ1v) is 8.61. The fourth-order valence-corrected chi connectivity index (χ4v) is 4.12. The van der Waals surface area contributed by atoms with E-state index in [2.05, 4.69) is 26.1 Å². The van der Waals surface area contributed by atoms with Crippen molar-refractivity contribution in [3.05, 3.63) is 29.6 Å². The second-order valence-corrected chi connectivity index (χ2v) is 7.65. The standard InChI is InChI=1S/C17H26FNS/c1-12(2)19-11-14-7-8-17(16(18)10-14)20-15-6-4-5-13(3)9-15/h7-8,10,12-13,15,19H,4-6,9,11H2,1-3H3. The number of halogens is 1. The maximum atomic E-state index is 14.2. The predicted molar refractivity (Wildman–Crippen MR) is 85.7 cm³/mol. The SMILES string of the molecule is CC1CCCC(Sc2ccc(CNC(C)C)cc2F)C1. The first-order chi connectivity index (χ1) is 9.54. The Morgan fingerprint density at radius 1 is 1.35 bits per heavy atom. The van der Waals surface area contributed by atoms with E-state index < -0.39 is 0 Å². The third kappa shape index (κ3) is 4.78. The highest BCUT2D eigenvalue weighted by Crippen LogP contribution is 2.37. The maximum Gasteiger partial charge on any atom is 0.137 e. The van der Waals surface area contributed by atoms with E-state index in [0.29, 0.717) is 11.3 Å². The molecule has 1 aliphatic carbocycles. The van der Waals surface area contributed by atoms with Crippen molar-refractivity contribution in [2.75, 3.05) is 0 Å². The van der Waals surface area contributed by atoms with Gasteiger partial charge in [-0.15, -0.1) is 11.8 Å². The van der Waals surface area contributed by atoms with E-state index in [4.69, 9.17) is 0 Å². The molecule has 2 unspecified atom stereocenters. The zero-order chi connectivity index (χ0) is 14.5. The Bertz CT molecular complexity index is 433. The molecule has 2 atom stereocenters. The van der Waals surface area contributed by atoms with Crippen molar-refractivity contribution in [1.29, 1.82) is 0 Å². The van der Waals surface area contributed by atoms with Crippen molar-refractivity contribution < 1.29 is 4.39 Å². The highest BCUT2D eigenvalue weighted by atomic mass is 32.2. The van der Waals surface area contributed by atoms with Crippen LogP contribution in [0.15, 0.2) is 23.1 Å². The molecule has 0 aromatic heterocycles. The van der Waals surface area contributed by atoms with Crippen molar-refractivity contribution in [3.63, 3.8) is 0 Å². The largest absolute Gasteiger partial charge is 0.310 e. The lowest BCUT2D eigenvalue weighted by Crippen LogP contribution is -2.21. The average Bonchev–Trinajstić information content (AvgIpc) is 2.39. The molecule has 1 nitrogen and oxygen atoms in total. The summed E-state index contributed by atoms with van der Waals surface area (Å²) >= 11 is 1.73. The zero-order valence-electron chi connectivity index (χ0n) is 12.8. The van der Waals surface area contributed by atoms with Crippen LogP contribution in [0.3, 0.4) is 0 Å². The summed E-state index contributed by atoms with van der Waals surface area (Å²) in [6, 6.07) is 6.11. The van der Waals surface area contributed by atoms with Crippen molar-refractivity contribution >= 4 is 11.8 Å². The number of rotatable bonds is 5. The number of hydrogen-bond acceptors (Lipinski definition) is 2. The summed E-state index contributed by atoms with van der Waals surface area (Å²) in [5.74, 6) is 0.732. The lowest BCUT2D eigenvalue weighted by atomic mass is 9.91. The molecular weight excluding hydrogens is 269 g/mol. The topological polar surface area (TPSA) is 12.0 Å². The van der Waals surface area contributed by atoms with Gasteiger partial charge in [0.2, 0.25) is 0 Å². The van der Waals surface area contributed by atoms with E-state index in [1.165, 1.54) is 25.7 Å². The molecule has 1 aromatic carbocycles. The van der Waals surface area contributed by atoms with Crippen LogP contribution in [0.1, 0.15) is 52.0 Å². The summed E-state index contributed by atoms with van der Waals surface area (Å²) in [6.07, 6.45) is 5.07. The molecular formula is C17H26FNS. The molecule has 3 heteroatoms. The summed E-state index contributed by atoms with van der Waals surface area (Å²) < 4.78 is 14.2. The maximum absolute atomic E-state index is 14.2. The van der Waals surface area contributed by atoms with Gasteiger partial charge < -0.3 is 5.32 Å². The predicted octanol–water partition coefficient (Wildman–Crippen LogP) is 4.99. The molecule has 0 heterocycles. The van der Waals surface area contributed by atoms with E-state index in [-0.39, 0.29) is 5.82 Å². The van der Waals surface area contributed by atoms with Crippen LogP contribution in [0.25, 0.3) is 0 Å². The van der Waals surface area contributed by atoms with Gasteiger partial charge >= 0.3 is 0 Å². The quantitative estimate of drug-likeness (QED) is 0.821. The molecule has 0 amide bonds. The number of thioether (sulfide) groups is 1. The Morgan fingerprint density at radius 2 is 2.15 bits per heavy atom. The van der Waals surface area contributed by atoms with Crippen molar-refractivity contribution in [1.82, 2.24) is 5.32 Å². The average molecular weight is 295 g/mol. The number of benzene rings is 1. The second kappa shape index (κ2) is 7.46. The third-order valence-electron chi connectivity index (χ3n) is 3.89. The van der Waals surface area contributed by atoms with E-state index in [0.717, 1.165) is 22.9 Å². The van der Waals surface area contributed by atoms with Crippen LogP contribution in [-0.4, -0.2) is 11.3 Å². The lowest BCUT2D eigenvalue weighted by Gasteiger charge is -2.26. The molecule has 1 aromatic rings. The number of hydrogen-bond donors (Lipinski definition) is 1. The second-order valence-electron chi connectivity index (χ2n) is 6.31. The third-order valence-corrected chi connectivity index (χ3v) is 5.24. The van der Waals surface area contributed by atoms with Gasteiger partial charge in [0.25, 0.3) is 0 Å². The summed E-state index contributed by atoms with van der Waals surface area (Å²) in [5.41, 5.74) is 1.03. The molecule has 20 heavy (non-hydrogen) atoms. The van der Waals surface area contributed by atoms with Crippen LogP contribution in [-0.2, 0) is 6.54 Å². The summed E-state index contributed by atoms with van der Waals surface area (Å²) in [6.45, 7) is 7.25. The van der Waals surface area contributed by atoms with Gasteiger partial charge in [0.05, 0.1) is 0 Å². The Hall–Kier alpha value is -0.540. The van der Waals surface area contributed by atoms with Crippen LogP contribution < -0.4 is 5.32 Å². The van der Waals surface area contributed by atoms with Crippen LogP contribution in [0.5, 0.6) is 0 Å². The van der Waals surface area contributed by atoms with Gasteiger partial charge in [-0.05, 0) is 36.5 Å². The Kier molecular flexibility index (Phi) is 5.91. The molecule has 2 rings (SSSR count). The van der Waals surface area contributed by atoms with E-state index in [1.807, 2.05) is 12.1 Å². The van der Waals surface area contributed by atoms with Gasteiger partial charge in [-0.25, -0.2) is 4.39 Å². The van der Waals surface area contributed by atoms with Crippen molar-refractivity contribution in [2.24, 2.45) is 5.92 Å². The van der Waals surface area contributed by atoms with Gasteiger partial charge in [-0.2, -0.15) is 0 Å². The monoisotopic (exact) mass is 295 g/mol.